The molecule has 0 unspecified atom stereocenters. The zero-order valence-corrected chi connectivity index (χ0v) is 14.6. The fourth-order valence-corrected chi connectivity index (χ4v) is 2.96. The van der Waals surface area contributed by atoms with Crippen molar-refractivity contribution < 1.29 is 29.5 Å². The molecular weight excluding hydrogens is 324 g/mol. The molecule has 0 aliphatic heterocycles. The number of hydrogen-bond donors (Lipinski definition) is 1. The van der Waals surface area contributed by atoms with Crippen LogP contribution in [0.3, 0.4) is 0 Å². The highest BCUT2D eigenvalue weighted by Crippen LogP contribution is 2.31. The summed E-state index contributed by atoms with van der Waals surface area (Å²) in [7, 11) is 0. The molecule has 0 heterocycles. The number of carboxylic acid groups (broad SMARTS) is 1. The highest BCUT2D eigenvalue weighted by Gasteiger charge is 2.28. The molecule has 1 aromatic carbocycles. The SMILES string of the molecule is CC(C)(OOOC(=O)C(=CC(=O)O)C1CCCCC1)c1ccccc1. The van der Waals surface area contributed by atoms with Crippen LogP contribution < -0.4 is 0 Å². The smallest absolute Gasteiger partial charge is 0.372 e. The minimum Gasteiger partial charge on any atom is -0.478 e. The van der Waals surface area contributed by atoms with Crippen LogP contribution in [0, 0.1) is 5.92 Å². The number of aliphatic carboxylic acids is 1. The van der Waals surface area contributed by atoms with E-state index in [2.05, 4.69) is 5.04 Å². The van der Waals surface area contributed by atoms with Crippen LogP contribution in [0.2, 0.25) is 0 Å². The van der Waals surface area contributed by atoms with Gasteiger partial charge in [0.05, 0.1) is 5.57 Å². The molecule has 0 aromatic heterocycles. The van der Waals surface area contributed by atoms with Crippen molar-refractivity contribution in [1.29, 1.82) is 0 Å². The predicted molar refractivity (Wildman–Crippen MR) is 90.0 cm³/mol. The van der Waals surface area contributed by atoms with Crippen molar-refractivity contribution in [3.8, 4) is 0 Å². The van der Waals surface area contributed by atoms with Gasteiger partial charge in [-0.1, -0.05) is 49.6 Å². The average Bonchev–Trinajstić information content (AvgIpc) is 2.61. The third-order valence-corrected chi connectivity index (χ3v) is 4.38. The Morgan fingerprint density at radius 1 is 1.12 bits per heavy atom. The number of carbonyl (C=O) groups is 2. The topological polar surface area (TPSA) is 82.1 Å². The molecule has 25 heavy (non-hydrogen) atoms. The van der Waals surface area contributed by atoms with Crippen molar-refractivity contribution >= 4 is 11.9 Å². The Kier molecular flexibility index (Phi) is 6.73. The van der Waals surface area contributed by atoms with Crippen LogP contribution in [-0.2, 0) is 30.0 Å². The summed E-state index contributed by atoms with van der Waals surface area (Å²) in [5.74, 6) is -2.12. The largest absolute Gasteiger partial charge is 0.478 e. The Labute approximate surface area is 147 Å². The lowest BCUT2D eigenvalue weighted by molar-refractivity contribution is -0.519. The Morgan fingerprint density at radius 2 is 1.76 bits per heavy atom. The van der Waals surface area contributed by atoms with E-state index in [0.717, 1.165) is 43.7 Å². The minimum absolute atomic E-state index is 0.119. The molecular formula is C19H24O6. The van der Waals surface area contributed by atoms with E-state index in [1.807, 2.05) is 30.3 Å². The van der Waals surface area contributed by atoms with Gasteiger partial charge in [-0.2, -0.15) is 4.89 Å². The van der Waals surface area contributed by atoms with E-state index in [9.17, 15) is 9.59 Å². The number of benzene rings is 1. The second-order valence-corrected chi connectivity index (χ2v) is 6.67. The minimum atomic E-state index is -1.18. The van der Waals surface area contributed by atoms with E-state index in [4.69, 9.17) is 14.9 Å². The molecule has 0 amide bonds. The van der Waals surface area contributed by atoms with Gasteiger partial charge in [0, 0.05) is 6.08 Å². The molecule has 136 valence electrons. The van der Waals surface area contributed by atoms with Crippen molar-refractivity contribution in [2.75, 3.05) is 0 Å². The second-order valence-electron chi connectivity index (χ2n) is 6.67. The van der Waals surface area contributed by atoms with Crippen LogP contribution in [0.1, 0.15) is 51.5 Å². The van der Waals surface area contributed by atoms with Gasteiger partial charge in [-0.25, -0.2) is 9.59 Å². The van der Waals surface area contributed by atoms with E-state index in [1.165, 1.54) is 0 Å². The Hall–Kier alpha value is -2.18. The maximum atomic E-state index is 12.2. The highest BCUT2D eigenvalue weighted by molar-refractivity contribution is 5.95. The maximum absolute atomic E-state index is 12.2. The van der Waals surface area contributed by atoms with Gasteiger partial charge in [0.25, 0.3) is 0 Å². The quantitative estimate of drug-likeness (QED) is 0.457. The first-order valence-electron chi connectivity index (χ1n) is 8.47. The van der Waals surface area contributed by atoms with Gasteiger partial charge in [0.1, 0.15) is 5.60 Å². The van der Waals surface area contributed by atoms with Gasteiger partial charge in [0.2, 0.25) is 0 Å². The molecule has 2 rings (SSSR count). The summed E-state index contributed by atoms with van der Waals surface area (Å²) in [6.45, 7) is 3.54. The summed E-state index contributed by atoms with van der Waals surface area (Å²) < 4.78 is 0. The molecule has 0 atom stereocenters. The van der Waals surface area contributed by atoms with Crippen LogP contribution >= 0.6 is 0 Å². The van der Waals surface area contributed by atoms with Crippen LogP contribution in [0.25, 0.3) is 0 Å². The van der Waals surface area contributed by atoms with Crippen LogP contribution in [0.4, 0.5) is 0 Å². The maximum Gasteiger partial charge on any atom is 0.372 e. The first kappa shape index (κ1) is 19.1. The molecule has 1 aliphatic rings. The number of carboxylic acids is 1. The Bertz CT molecular complexity index is 614. The van der Waals surface area contributed by atoms with Crippen LogP contribution in [0.5, 0.6) is 0 Å². The van der Waals surface area contributed by atoms with Crippen molar-refractivity contribution in [2.24, 2.45) is 5.92 Å². The number of hydrogen-bond acceptors (Lipinski definition) is 5. The van der Waals surface area contributed by atoms with Crippen LogP contribution in [-0.4, -0.2) is 17.0 Å². The fourth-order valence-electron chi connectivity index (χ4n) is 2.96. The summed E-state index contributed by atoms with van der Waals surface area (Å²) in [6.07, 6.45) is 5.47. The van der Waals surface area contributed by atoms with E-state index < -0.39 is 17.5 Å². The summed E-state index contributed by atoms with van der Waals surface area (Å²) in [4.78, 5) is 33.2. The van der Waals surface area contributed by atoms with E-state index in [1.54, 1.807) is 13.8 Å². The summed E-state index contributed by atoms with van der Waals surface area (Å²) in [5, 5.41) is 13.7. The lowest BCUT2D eigenvalue weighted by atomic mass is 9.83. The van der Waals surface area contributed by atoms with Gasteiger partial charge in [0.15, 0.2) is 0 Å². The first-order chi connectivity index (χ1) is 11.9. The van der Waals surface area contributed by atoms with Gasteiger partial charge in [-0.15, -0.1) is 0 Å². The zero-order valence-electron chi connectivity index (χ0n) is 14.6. The summed E-state index contributed by atoms with van der Waals surface area (Å²) >= 11 is 0. The molecule has 0 radical (unpaired) electrons. The third-order valence-electron chi connectivity index (χ3n) is 4.38. The lowest BCUT2D eigenvalue weighted by Crippen LogP contribution is -2.25. The van der Waals surface area contributed by atoms with Gasteiger partial charge in [-0.05, 0) is 43.2 Å². The van der Waals surface area contributed by atoms with E-state index in [0.29, 0.717) is 0 Å². The summed E-state index contributed by atoms with van der Waals surface area (Å²) in [6, 6.07) is 9.34. The van der Waals surface area contributed by atoms with Crippen LogP contribution in [0.15, 0.2) is 42.0 Å². The average molecular weight is 348 g/mol. The Morgan fingerprint density at radius 3 is 2.36 bits per heavy atom. The zero-order chi connectivity index (χ0) is 18.3. The van der Waals surface area contributed by atoms with Crippen molar-refractivity contribution in [2.45, 2.75) is 51.6 Å². The highest BCUT2D eigenvalue weighted by atomic mass is 17.5. The lowest BCUT2D eigenvalue weighted by Gasteiger charge is -2.24. The molecule has 6 heteroatoms. The number of carbonyl (C=O) groups excluding carboxylic acids is 1. The molecule has 1 N–H and O–H groups in total. The number of rotatable bonds is 7. The third kappa shape index (κ3) is 5.69. The molecule has 1 saturated carbocycles. The standard InChI is InChI=1S/C19H24O6/c1-19(2,15-11-7-4-8-12-15)24-25-23-18(22)16(13-17(20)21)14-9-5-3-6-10-14/h4,7-8,11-14H,3,5-6,9-10H2,1-2H3,(H,20,21). The van der Waals surface area contributed by atoms with Crippen molar-refractivity contribution in [3.63, 3.8) is 0 Å². The van der Waals surface area contributed by atoms with E-state index >= 15 is 0 Å². The normalized spacial score (nSPS) is 16.5. The second kappa shape index (κ2) is 8.78. The Balaban J connectivity index is 1.95. The van der Waals surface area contributed by atoms with Crippen molar-refractivity contribution in [3.05, 3.63) is 47.5 Å². The van der Waals surface area contributed by atoms with E-state index in [-0.39, 0.29) is 11.5 Å². The molecule has 1 aliphatic carbocycles. The predicted octanol–water partition coefficient (Wildman–Crippen LogP) is 3.92. The van der Waals surface area contributed by atoms with Gasteiger partial charge >= 0.3 is 11.9 Å². The molecule has 1 aromatic rings. The molecule has 0 bridgehead atoms. The molecule has 1 fully saturated rings. The molecule has 6 nitrogen and oxygen atoms in total. The van der Waals surface area contributed by atoms with Gasteiger partial charge < -0.3 is 5.11 Å². The van der Waals surface area contributed by atoms with Gasteiger partial charge in [-0.3, -0.25) is 4.89 Å². The first-order valence-corrected chi connectivity index (χ1v) is 8.47. The summed E-state index contributed by atoms with van der Waals surface area (Å²) in [5.41, 5.74) is 0.135. The molecule has 0 saturated heterocycles. The fraction of sp³-hybridized carbons (Fsp3) is 0.474. The molecule has 0 spiro atoms. The van der Waals surface area contributed by atoms with Crippen molar-refractivity contribution in [1.82, 2.24) is 0 Å². The monoisotopic (exact) mass is 348 g/mol.